The van der Waals surface area contributed by atoms with Crippen molar-refractivity contribution in [1.29, 1.82) is 0 Å². The highest BCUT2D eigenvalue weighted by atomic mass is 19.4. The first-order valence-electron chi connectivity index (χ1n) is 8.21. The summed E-state index contributed by atoms with van der Waals surface area (Å²) in [5.41, 5.74) is 2.16. The fourth-order valence-corrected chi connectivity index (χ4v) is 3.16. The highest BCUT2D eigenvalue weighted by molar-refractivity contribution is 5.95. The molecular weight excluding hydrogens is 339 g/mol. The molecule has 5 heteroatoms. The monoisotopic (exact) mass is 355 g/mol. The van der Waals surface area contributed by atoms with Crippen molar-refractivity contribution in [2.45, 2.75) is 13.1 Å². The fourth-order valence-electron chi connectivity index (χ4n) is 3.16. The molecular formula is C21H16F3NO. The molecule has 0 N–H and O–H groups in total. The van der Waals surface area contributed by atoms with Crippen LogP contribution < -0.4 is 4.90 Å². The highest BCUT2D eigenvalue weighted by Crippen LogP contribution is 2.34. The van der Waals surface area contributed by atoms with Crippen molar-refractivity contribution >= 4 is 22.2 Å². The average molecular weight is 355 g/mol. The lowest BCUT2D eigenvalue weighted by molar-refractivity contribution is -0.137. The number of aryl methyl sites for hydroxylation is 1. The summed E-state index contributed by atoms with van der Waals surface area (Å²) in [7, 11) is 0. The molecule has 0 saturated heterocycles. The lowest BCUT2D eigenvalue weighted by atomic mass is 9.99. The maximum absolute atomic E-state index is 12.7. The Balaban J connectivity index is 1.68. The SMILES string of the molecule is Cc1ccc(C2=CN(c3ccc(C(F)(F)F)cc3)CO2)c2ccccc12. The maximum Gasteiger partial charge on any atom is 0.416 e. The van der Waals surface area contributed by atoms with E-state index in [2.05, 4.69) is 13.0 Å². The van der Waals surface area contributed by atoms with Crippen LogP contribution in [0, 0.1) is 6.92 Å². The van der Waals surface area contributed by atoms with Crippen LogP contribution in [-0.4, -0.2) is 6.73 Å². The fraction of sp³-hybridized carbons (Fsp3) is 0.143. The second kappa shape index (κ2) is 6.09. The predicted molar refractivity (Wildman–Crippen MR) is 96.5 cm³/mol. The summed E-state index contributed by atoms with van der Waals surface area (Å²) in [6, 6.07) is 17.2. The van der Waals surface area contributed by atoms with Crippen LogP contribution in [0.3, 0.4) is 0 Å². The van der Waals surface area contributed by atoms with Crippen LogP contribution in [0.4, 0.5) is 18.9 Å². The van der Waals surface area contributed by atoms with Gasteiger partial charge in [-0.25, -0.2) is 0 Å². The number of anilines is 1. The molecule has 0 aromatic heterocycles. The largest absolute Gasteiger partial charge is 0.471 e. The summed E-state index contributed by atoms with van der Waals surface area (Å²) in [5.74, 6) is 0.709. The molecule has 0 amide bonds. The standard InChI is InChI=1S/C21H16F3NO/c1-14-6-11-19(18-5-3-2-4-17(14)18)20-12-25(13-26-20)16-9-7-15(8-10-16)21(22,23)24/h2-12H,13H2,1H3. The van der Waals surface area contributed by atoms with Crippen molar-refractivity contribution in [1.82, 2.24) is 0 Å². The van der Waals surface area contributed by atoms with Crippen molar-refractivity contribution in [3.8, 4) is 0 Å². The Morgan fingerprint density at radius 3 is 2.27 bits per heavy atom. The molecule has 0 fully saturated rings. The van der Waals surface area contributed by atoms with Gasteiger partial charge in [0.25, 0.3) is 0 Å². The number of rotatable bonds is 2. The Hall–Kier alpha value is -2.95. The Labute approximate surface area is 149 Å². The van der Waals surface area contributed by atoms with Crippen molar-refractivity contribution < 1.29 is 17.9 Å². The first kappa shape index (κ1) is 16.5. The molecule has 3 aromatic carbocycles. The maximum atomic E-state index is 12.7. The van der Waals surface area contributed by atoms with E-state index < -0.39 is 11.7 Å². The molecule has 3 aromatic rings. The molecule has 0 bridgehead atoms. The van der Waals surface area contributed by atoms with E-state index in [0.717, 1.165) is 28.5 Å². The van der Waals surface area contributed by atoms with Gasteiger partial charge in [-0.1, -0.05) is 36.4 Å². The molecule has 0 aliphatic carbocycles. The van der Waals surface area contributed by atoms with Crippen molar-refractivity contribution in [3.05, 3.63) is 83.6 Å². The number of ether oxygens (including phenoxy) is 1. The van der Waals surface area contributed by atoms with Crippen LogP contribution in [0.1, 0.15) is 16.7 Å². The first-order valence-corrected chi connectivity index (χ1v) is 8.21. The zero-order chi connectivity index (χ0) is 18.3. The van der Waals surface area contributed by atoms with Crippen LogP contribution >= 0.6 is 0 Å². The van der Waals surface area contributed by atoms with Gasteiger partial charge in [-0.15, -0.1) is 0 Å². The second-order valence-electron chi connectivity index (χ2n) is 6.26. The lowest BCUT2D eigenvalue weighted by Gasteiger charge is -2.14. The van der Waals surface area contributed by atoms with Crippen molar-refractivity contribution in [2.24, 2.45) is 0 Å². The van der Waals surface area contributed by atoms with Crippen LogP contribution in [0.2, 0.25) is 0 Å². The molecule has 4 rings (SSSR count). The molecule has 0 unspecified atom stereocenters. The number of alkyl halides is 3. The number of halogens is 3. The van der Waals surface area contributed by atoms with E-state index in [1.165, 1.54) is 17.7 Å². The zero-order valence-corrected chi connectivity index (χ0v) is 14.0. The number of fused-ring (bicyclic) bond motifs is 1. The molecule has 0 radical (unpaired) electrons. The molecule has 0 saturated carbocycles. The van der Waals surface area contributed by atoms with E-state index in [0.29, 0.717) is 11.4 Å². The predicted octanol–water partition coefficient (Wildman–Crippen LogP) is 5.96. The van der Waals surface area contributed by atoms with Crippen LogP contribution in [0.5, 0.6) is 0 Å². The van der Waals surface area contributed by atoms with Gasteiger partial charge in [-0.2, -0.15) is 13.2 Å². The number of hydrogen-bond donors (Lipinski definition) is 0. The molecule has 1 aliphatic rings. The topological polar surface area (TPSA) is 12.5 Å². The zero-order valence-electron chi connectivity index (χ0n) is 14.0. The molecule has 132 valence electrons. The van der Waals surface area contributed by atoms with Gasteiger partial charge >= 0.3 is 6.18 Å². The third kappa shape index (κ3) is 2.90. The summed E-state index contributed by atoms with van der Waals surface area (Å²) in [4.78, 5) is 1.80. The smallest absolute Gasteiger partial charge is 0.416 e. The Morgan fingerprint density at radius 1 is 0.885 bits per heavy atom. The summed E-state index contributed by atoms with van der Waals surface area (Å²) >= 11 is 0. The van der Waals surface area contributed by atoms with Gasteiger partial charge in [-0.05, 0) is 47.5 Å². The molecule has 0 atom stereocenters. The third-order valence-corrected chi connectivity index (χ3v) is 4.57. The van der Waals surface area contributed by atoms with Gasteiger partial charge in [0.1, 0.15) is 5.76 Å². The molecule has 1 heterocycles. The van der Waals surface area contributed by atoms with Crippen LogP contribution in [0.25, 0.3) is 16.5 Å². The average Bonchev–Trinajstić information content (AvgIpc) is 3.11. The van der Waals surface area contributed by atoms with E-state index in [-0.39, 0.29) is 6.73 Å². The molecule has 26 heavy (non-hydrogen) atoms. The molecule has 2 nitrogen and oxygen atoms in total. The van der Waals surface area contributed by atoms with Crippen molar-refractivity contribution in [3.63, 3.8) is 0 Å². The normalized spacial score (nSPS) is 14.5. The van der Waals surface area contributed by atoms with E-state index in [1.807, 2.05) is 36.5 Å². The first-order chi connectivity index (χ1) is 12.4. The summed E-state index contributed by atoms with van der Waals surface area (Å²) in [6.07, 6.45) is -2.50. The number of nitrogens with zero attached hydrogens (tertiary/aromatic N) is 1. The van der Waals surface area contributed by atoms with Gasteiger partial charge in [0.05, 0.1) is 11.8 Å². The minimum atomic E-state index is -4.33. The van der Waals surface area contributed by atoms with Gasteiger partial charge < -0.3 is 9.64 Å². The van der Waals surface area contributed by atoms with Crippen LogP contribution in [-0.2, 0) is 10.9 Å². The minimum absolute atomic E-state index is 0.267. The van der Waals surface area contributed by atoms with E-state index in [1.54, 1.807) is 4.90 Å². The highest BCUT2D eigenvalue weighted by Gasteiger charge is 2.30. The Bertz CT molecular complexity index is 990. The lowest BCUT2D eigenvalue weighted by Crippen LogP contribution is -2.13. The molecule has 0 spiro atoms. The summed E-state index contributed by atoms with van der Waals surface area (Å²) < 4.78 is 43.9. The Kier molecular flexibility index (Phi) is 3.87. The molecule has 1 aliphatic heterocycles. The van der Waals surface area contributed by atoms with E-state index in [9.17, 15) is 13.2 Å². The third-order valence-electron chi connectivity index (χ3n) is 4.57. The van der Waals surface area contributed by atoms with Crippen LogP contribution in [0.15, 0.2) is 66.9 Å². The summed E-state index contributed by atoms with van der Waals surface area (Å²) in [6.45, 7) is 2.33. The van der Waals surface area contributed by atoms with Gasteiger partial charge in [-0.3, -0.25) is 0 Å². The minimum Gasteiger partial charge on any atom is -0.471 e. The van der Waals surface area contributed by atoms with Gasteiger partial charge in [0.15, 0.2) is 6.73 Å². The van der Waals surface area contributed by atoms with Gasteiger partial charge in [0, 0.05) is 11.3 Å². The quantitative estimate of drug-likeness (QED) is 0.562. The second-order valence-corrected chi connectivity index (χ2v) is 6.26. The Morgan fingerprint density at radius 2 is 1.58 bits per heavy atom. The van der Waals surface area contributed by atoms with E-state index >= 15 is 0 Å². The number of hydrogen-bond acceptors (Lipinski definition) is 2. The number of benzene rings is 3. The van der Waals surface area contributed by atoms with E-state index in [4.69, 9.17) is 4.74 Å². The van der Waals surface area contributed by atoms with Gasteiger partial charge in [0.2, 0.25) is 0 Å². The summed E-state index contributed by atoms with van der Waals surface area (Å²) in [5, 5.41) is 2.25. The van der Waals surface area contributed by atoms with Crippen molar-refractivity contribution in [2.75, 3.05) is 11.6 Å².